The molecule has 0 fully saturated rings. The number of pyridine rings is 1. The van der Waals surface area contributed by atoms with E-state index in [1.165, 1.54) is 12.3 Å². The third-order valence-electron chi connectivity index (χ3n) is 2.40. The Bertz CT molecular complexity index is 570. The molecule has 0 saturated heterocycles. The maximum absolute atomic E-state index is 11.7. The van der Waals surface area contributed by atoms with Crippen LogP contribution < -0.4 is 5.32 Å². The van der Waals surface area contributed by atoms with Gasteiger partial charge in [-0.15, -0.1) is 0 Å². The van der Waals surface area contributed by atoms with Crippen LogP contribution in [0.3, 0.4) is 0 Å². The molecule has 0 saturated carbocycles. The first-order valence-electron chi connectivity index (χ1n) is 5.71. The van der Waals surface area contributed by atoms with Gasteiger partial charge in [-0.05, 0) is 12.1 Å². The van der Waals surface area contributed by atoms with Crippen LogP contribution in [0.2, 0.25) is 0 Å². The van der Waals surface area contributed by atoms with Gasteiger partial charge in [-0.25, -0.2) is 9.97 Å². The first-order chi connectivity index (χ1) is 9.18. The Labute approximate surface area is 114 Å². The molecular formula is C12H14N4O2S. The summed E-state index contributed by atoms with van der Waals surface area (Å²) in [4.78, 5) is 19.7. The van der Waals surface area contributed by atoms with Gasteiger partial charge in [-0.2, -0.15) is 0 Å². The summed E-state index contributed by atoms with van der Waals surface area (Å²) in [5.74, 6) is 0.208. The Balaban J connectivity index is 1.79. The Kier molecular flexibility index (Phi) is 4.40. The monoisotopic (exact) mass is 278 g/mol. The minimum atomic E-state index is -0.376. The van der Waals surface area contributed by atoms with E-state index in [0.29, 0.717) is 12.3 Å². The molecule has 0 aliphatic carbocycles. The highest BCUT2D eigenvalue weighted by Crippen LogP contribution is 2.14. The standard InChI is InChI=1S/C12H14N4O2S/c1-16-7-5-15-12(16)19-8-6-14-11(18)10-9(17)3-2-4-13-10/h2-5,7,17H,6,8H2,1H3,(H,14,18). The number of thioether (sulfide) groups is 1. The Morgan fingerprint density at radius 3 is 3.00 bits per heavy atom. The maximum atomic E-state index is 11.7. The predicted octanol–water partition coefficient (Wildman–Crippen LogP) is 1.04. The van der Waals surface area contributed by atoms with E-state index in [0.717, 1.165) is 5.16 Å². The molecule has 2 N–H and O–H groups in total. The van der Waals surface area contributed by atoms with E-state index in [4.69, 9.17) is 0 Å². The SMILES string of the molecule is Cn1ccnc1SCCNC(=O)c1ncccc1O. The summed E-state index contributed by atoms with van der Waals surface area (Å²) in [6.07, 6.45) is 5.07. The van der Waals surface area contributed by atoms with Gasteiger partial charge in [0.2, 0.25) is 0 Å². The summed E-state index contributed by atoms with van der Waals surface area (Å²) in [5.41, 5.74) is 0.0458. The molecule has 2 aromatic rings. The van der Waals surface area contributed by atoms with Gasteiger partial charge in [-0.3, -0.25) is 4.79 Å². The molecular weight excluding hydrogens is 264 g/mol. The molecule has 1 amide bonds. The lowest BCUT2D eigenvalue weighted by molar-refractivity contribution is 0.0948. The van der Waals surface area contributed by atoms with Gasteiger partial charge < -0.3 is 15.0 Å². The molecule has 0 aromatic carbocycles. The lowest BCUT2D eigenvalue weighted by Crippen LogP contribution is -2.26. The van der Waals surface area contributed by atoms with Crippen LogP contribution in [0.1, 0.15) is 10.5 Å². The van der Waals surface area contributed by atoms with Gasteiger partial charge in [0.1, 0.15) is 5.75 Å². The minimum absolute atomic E-state index is 0.0458. The fourth-order valence-electron chi connectivity index (χ4n) is 1.45. The zero-order chi connectivity index (χ0) is 13.7. The highest BCUT2D eigenvalue weighted by atomic mass is 32.2. The topological polar surface area (TPSA) is 80.0 Å². The fourth-order valence-corrected chi connectivity index (χ4v) is 2.24. The number of hydrogen-bond donors (Lipinski definition) is 2. The number of aromatic nitrogens is 3. The van der Waals surface area contributed by atoms with Gasteiger partial charge >= 0.3 is 0 Å². The van der Waals surface area contributed by atoms with Crippen LogP contribution in [0, 0.1) is 0 Å². The molecule has 0 atom stereocenters. The molecule has 0 spiro atoms. The summed E-state index contributed by atoms with van der Waals surface area (Å²) in [7, 11) is 1.92. The van der Waals surface area contributed by atoms with E-state index in [2.05, 4.69) is 15.3 Å². The summed E-state index contributed by atoms with van der Waals surface area (Å²) in [5, 5.41) is 13.1. The molecule has 7 heteroatoms. The Morgan fingerprint density at radius 2 is 2.32 bits per heavy atom. The van der Waals surface area contributed by atoms with E-state index in [1.54, 1.807) is 24.0 Å². The third-order valence-corrected chi connectivity index (χ3v) is 3.46. The normalized spacial score (nSPS) is 10.4. The molecule has 19 heavy (non-hydrogen) atoms. The van der Waals surface area contributed by atoms with E-state index in [-0.39, 0.29) is 17.4 Å². The summed E-state index contributed by atoms with van der Waals surface area (Å²) in [6.45, 7) is 0.479. The minimum Gasteiger partial charge on any atom is -0.505 e. The second-order valence-electron chi connectivity index (χ2n) is 3.80. The molecule has 0 aliphatic heterocycles. The summed E-state index contributed by atoms with van der Waals surface area (Å²) < 4.78 is 1.91. The van der Waals surface area contributed by atoms with Crippen LogP contribution >= 0.6 is 11.8 Å². The molecule has 0 bridgehead atoms. The number of amides is 1. The van der Waals surface area contributed by atoms with Crippen molar-refractivity contribution in [3.8, 4) is 5.75 Å². The first-order valence-corrected chi connectivity index (χ1v) is 6.69. The summed E-state index contributed by atoms with van der Waals surface area (Å²) >= 11 is 1.55. The molecule has 0 aliphatic rings. The van der Waals surface area contributed by atoms with Gasteiger partial charge in [0.15, 0.2) is 10.9 Å². The van der Waals surface area contributed by atoms with Crippen molar-refractivity contribution in [1.29, 1.82) is 0 Å². The summed E-state index contributed by atoms with van der Waals surface area (Å²) in [6, 6.07) is 3.01. The van der Waals surface area contributed by atoms with Gasteiger partial charge in [0.05, 0.1) is 0 Å². The van der Waals surface area contributed by atoms with Crippen LogP contribution in [-0.4, -0.2) is 37.8 Å². The molecule has 6 nitrogen and oxygen atoms in total. The number of carbonyl (C=O) groups excluding carboxylic acids is 1. The van der Waals surface area contributed by atoms with Crippen LogP contribution in [0.5, 0.6) is 5.75 Å². The molecule has 2 rings (SSSR count). The van der Waals surface area contributed by atoms with Crippen molar-refractivity contribution in [1.82, 2.24) is 19.9 Å². The van der Waals surface area contributed by atoms with Crippen molar-refractivity contribution in [2.75, 3.05) is 12.3 Å². The zero-order valence-electron chi connectivity index (χ0n) is 10.4. The first kappa shape index (κ1) is 13.4. The molecule has 2 heterocycles. The lowest BCUT2D eigenvalue weighted by Gasteiger charge is -2.05. The average molecular weight is 278 g/mol. The highest BCUT2D eigenvalue weighted by molar-refractivity contribution is 7.99. The zero-order valence-corrected chi connectivity index (χ0v) is 11.2. The third kappa shape index (κ3) is 3.47. The average Bonchev–Trinajstić information content (AvgIpc) is 2.80. The Hall–Kier alpha value is -2.02. The van der Waals surface area contributed by atoms with E-state index < -0.39 is 0 Å². The highest BCUT2D eigenvalue weighted by Gasteiger charge is 2.11. The van der Waals surface area contributed by atoms with E-state index in [1.807, 2.05) is 17.8 Å². The van der Waals surface area contributed by atoms with Crippen molar-refractivity contribution in [2.24, 2.45) is 7.05 Å². The van der Waals surface area contributed by atoms with E-state index in [9.17, 15) is 9.90 Å². The number of rotatable bonds is 5. The molecule has 0 unspecified atom stereocenters. The van der Waals surface area contributed by atoms with Gasteiger partial charge in [0, 0.05) is 37.9 Å². The number of aromatic hydroxyl groups is 1. The number of nitrogens with one attached hydrogen (secondary N) is 1. The van der Waals surface area contributed by atoms with Crippen LogP contribution in [0.4, 0.5) is 0 Å². The van der Waals surface area contributed by atoms with Crippen LogP contribution in [0.15, 0.2) is 35.9 Å². The fraction of sp³-hybridized carbons (Fsp3) is 0.250. The van der Waals surface area contributed by atoms with Crippen molar-refractivity contribution in [3.63, 3.8) is 0 Å². The van der Waals surface area contributed by atoms with Crippen molar-refractivity contribution < 1.29 is 9.90 Å². The molecule has 0 radical (unpaired) electrons. The predicted molar refractivity (Wildman–Crippen MR) is 72.2 cm³/mol. The smallest absolute Gasteiger partial charge is 0.273 e. The number of carbonyl (C=O) groups is 1. The van der Waals surface area contributed by atoms with Crippen molar-refractivity contribution in [3.05, 3.63) is 36.4 Å². The second kappa shape index (κ2) is 6.24. The van der Waals surface area contributed by atoms with Crippen LogP contribution in [0.25, 0.3) is 0 Å². The number of imidazole rings is 1. The molecule has 2 aromatic heterocycles. The van der Waals surface area contributed by atoms with Gasteiger partial charge in [-0.1, -0.05) is 11.8 Å². The Morgan fingerprint density at radius 1 is 1.47 bits per heavy atom. The number of nitrogens with zero attached hydrogens (tertiary/aromatic N) is 3. The number of aryl methyl sites for hydroxylation is 1. The lowest BCUT2D eigenvalue weighted by atomic mass is 10.3. The second-order valence-corrected chi connectivity index (χ2v) is 4.86. The van der Waals surface area contributed by atoms with Gasteiger partial charge in [0.25, 0.3) is 5.91 Å². The maximum Gasteiger partial charge on any atom is 0.273 e. The van der Waals surface area contributed by atoms with Crippen molar-refractivity contribution >= 4 is 17.7 Å². The largest absolute Gasteiger partial charge is 0.505 e. The molecule has 100 valence electrons. The van der Waals surface area contributed by atoms with E-state index >= 15 is 0 Å². The number of hydrogen-bond acceptors (Lipinski definition) is 5. The van der Waals surface area contributed by atoms with Crippen LogP contribution in [-0.2, 0) is 7.05 Å². The van der Waals surface area contributed by atoms with Crippen molar-refractivity contribution in [2.45, 2.75) is 5.16 Å². The quantitative estimate of drug-likeness (QED) is 0.631.